The van der Waals surface area contributed by atoms with E-state index < -0.39 is 21.7 Å². The predicted octanol–water partition coefficient (Wildman–Crippen LogP) is 3.87. The lowest BCUT2D eigenvalue weighted by molar-refractivity contribution is 0.102. The zero-order valence-electron chi connectivity index (χ0n) is 16.8. The van der Waals surface area contributed by atoms with Crippen molar-refractivity contribution in [3.05, 3.63) is 78.1 Å². The number of nitrogens with one attached hydrogen (secondary N) is 2. The summed E-state index contributed by atoms with van der Waals surface area (Å²) in [7, 11) is -0.779. The van der Waals surface area contributed by atoms with Gasteiger partial charge in [0.2, 0.25) is 10.0 Å². The third-order valence-electron chi connectivity index (χ3n) is 4.75. The first kappa shape index (κ1) is 20.7. The summed E-state index contributed by atoms with van der Waals surface area (Å²) in [6.45, 7) is 0. The summed E-state index contributed by atoms with van der Waals surface area (Å²) >= 11 is 0. The minimum absolute atomic E-state index is 0.0395. The molecular weight excluding hydrogens is 419 g/mol. The number of aromatic nitrogens is 2. The van der Waals surface area contributed by atoms with Crippen molar-refractivity contribution in [2.24, 2.45) is 0 Å². The molecule has 0 saturated carbocycles. The molecule has 0 radical (unpaired) electrons. The molecule has 2 N–H and O–H groups in total. The topological polar surface area (TPSA) is 95.2 Å². The number of sulfonamides is 1. The third-order valence-corrected chi connectivity index (χ3v) is 6.57. The van der Waals surface area contributed by atoms with Crippen LogP contribution in [0.4, 0.5) is 10.1 Å². The standard InChI is InChI=1S/C22H19FN4O3S/c1-27(2)31(29,30)17-6-3-5-15(13-17)22(28)24-16-11-9-14(10-12-16)21-25-19-8-4-7-18(23)20(19)26-21/h3-13H,1-2H3,(H,24,28)(H,25,26). The van der Waals surface area contributed by atoms with Crippen molar-refractivity contribution in [3.63, 3.8) is 0 Å². The van der Waals surface area contributed by atoms with Gasteiger partial charge >= 0.3 is 0 Å². The van der Waals surface area contributed by atoms with Crippen LogP contribution in [-0.4, -0.2) is 42.7 Å². The number of benzene rings is 3. The van der Waals surface area contributed by atoms with Gasteiger partial charge < -0.3 is 10.3 Å². The summed E-state index contributed by atoms with van der Waals surface area (Å²) in [4.78, 5) is 20.0. The number of carbonyl (C=O) groups excluding carboxylic acids is 1. The van der Waals surface area contributed by atoms with E-state index in [0.29, 0.717) is 17.0 Å². The lowest BCUT2D eigenvalue weighted by atomic mass is 10.1. The van der Waals surface area contributed by atoms with Crippen molar-refractivity contribution in [2.45, 2.75) is 4.90 Å². The number of halogens is 1. The molecule has 0 bridgehead atoms. The molecule has 0 aliphatic heterocycles. The number of nitrogens with zero attached hydrogens (tertiary/aromatic N) is 2. The second kappa shape index (κ2) is 7.93. The van der Waals surface area contributed by atoms with Gasteiger partial charge in [0, 0.05) is 30.9 Å². The summed E-state index contributed by atoms with van der Waals surface area (Å²) < 4.78 is 39.5. The van der Waals surface area contributed by atoms with Crippen molar-refractivity contribution in [3.8, 4) is 11.4 Å². The van der Waals surface area contributed by atoms with E-state index in [1.54, 1.807) is 42.5 Å². The smallest absolute Gasteiger partial charge is 0.255 e. The van der Waals surface area contributed by atoms with E-state index in [1.165, 1.54) is 38.4 Å². The van der Waals surface area contributed by atoms with Gasteiger partial charge in [-0.3, -0.25) is 4.79 Å². The number of imidazole rings is 1. The molecule has 1 amide bonds. The molecule has 0 atom stereocenters. The Morgan fingerprint density at radius 3 is 2.42 bits per heavy atom. The van der Waals surface area contributed by atoms with Gasteiger partial charge in [-0.2, -0.15) is 0 Å². The SMILES string of the molecule is CN(C)S(=O)(=O)c1cccc(C(=O)Nc2ccc(-c3nc4c(F)cccc4[nH]3)cc2)c1. The van der Waals surface area contributed by atoms with Crippen molar-refractivity contribution >= 4 is 32.7 Å². The Balaban J connectivity index is 1.54. The van der Waals surface area contributed by atoms with Gasteiger partial charge in [0.05, 0.1) is 10.4 Å². The zero-order valence-corrected chi connectivity index (χ0v) is 17.6. The van der Waals surface area contributed by atoms with Crippen LogP contribution in [0.1, 0.15) is 10.4 Å². The van der Waals surface area contributed by atoms with Crippen LogP contribution in [0.3, 0.4) is 0 Å². The Hall–Kier alpha value is -3.56. The fraction of sp³-hybridized carbons (Fsp3) is 0.0909. The largest absolute Gasteiger partial charge is 0.338 e. The second-order valence-corrected chi connectivity index (χ2v) is 9.22. The summed E-state index contributed by atoms with van der Waals surface area (Å²) in [5.74, 6) is -0.323. The van der Waals surface area contributed by atoms with Crippen LogP contribution < -0.4 is 5.32 Å². The fourth-order valence-electron chi connectivity index (χ4n) is 3.06. The van der Waals surface area contributed by atoms with Gasteiger partial charge in [-0.1, -0.05) is 12.1 Å². The highest BCUT2D eigenvalue weighted by Crippen LogP contribution is 2.24. The summed E-state index contributed by atoms with van der Waals surface area (Å²) in [6, 6.07) is 17.4. The zero-order chi connectivity index (χ0) is 22.2. The molecule has 0 saturated heterocycles. The molecule has 158 valence electrons. The average molecular weight is 438 g/mol. The first-order valence-corrected chi connectivity index (χ1v) is 10.8. The molecule has 4 aromatic rings. The molecule has 0 aliphatic rings. The molecule has 1 heterocycles. The summed E-state index contributed by atoms with van der Waals surface area (Å²) in [5, 5.41) is 2.74. The molecule has 9 heteroatoms. The Morgan fingerprint density at radius 2 is 1.74 bits per heavy atom. The number of carbonyl (C=O) groups is 1. The number of amides is 1. The average Bonchev–Trinajstić information content (AvgIpc) is 3.20. The summed E-state index contributed by atoms with van der Waals surface area (Å²) in [6.07, 6.45) is 0. The van der Waals surface area contributed by atoms with E-state index in [-0.39, 0.29) is 16.0 Å². The minimum Gasteiger partial charge on any atom is -0.338 e. The fourth-order valence-corrected chi connectivity index (χ4v) is 4.01. The number of aromatic amines is 1. The highest BCUT2D eigenvalue weighted by Gasteiger charge is 2.19. The number of H-pyrrole nitrogens is 1. The van der Waals surface area contributed by atoms with Crippen molar-refractivity contribution < 1.29 is 17.6 Å². The second-order valence-electron chi connectivity index (χ2n) is 7.07. The highest BCUT2D eigenvalue weighted by atomic mass is 32.2. The Morgan fingerprint density at radius 1 is 1.03 bits per heavy atom. The third kappa shape index (κ3) is 4.05. The van der Waals surface area contributed by atoms with Crippen LogP contribution in [-0.2, 0) is 10.0 Å². The quantitative estimate of drug-likeness (QED) is 0.494. The predicted molar refractivity (Wildman–Crippen MR) is 117 cm³/mol. The number of rotatable bonds is 5. The van der Waals surface area contributed by atoms with E-state index in [2.05, 4.69) is 15.3 Å². The molecule has 3 aromatic carbocycles. The first-order chi connectivity index (χ1) is 14.8. The molecule has 0 fully saturated rings. The van der Waals surface area contributed by atoms with Gasteiger partial charge in [-0.05, 0) is 54.6 Å². The van der Waals surface area contributed by atoms with Crippen LogP contribution in [0.2, 0.25) is 0 Å². The summed E-state index contributed by atoms with van der Waals surface area (Å²) in [5.41, 5.74) is 2.34. The van der Waals surface area contributed by atoms with E-state index in [9.17, 15) is 17.6 Å². The first-order valence-electron chi connectivity index (χ1n) is 9.34. The number of hydrogen-bond donors (Lipinski definition) is 2. The van der Waals surface area contributed by atoms with Crippen molar-refractivity contribution in [1.82, 2.24) is 14.3 Å². The van der Waals surface area contributed by atoms with Crippen LogP contribution in [0, 0.1) is 5.82 Å². The van der Waals surface area contributed by atoms with Gasteiger partial charge in [0.15, 0.2) is 5.82 Å². The minimum atomic E-state index is -3.64. The Kier molecular flexibility index (Phi) is 5.30. The number of hydrogen-bond acceptors (Lipinski definition) is 4. The van der Waals surface area contributed by atoms with E-state index >= 15 is 0 Å². The van der Waals surface area contributed by atoms with Crippen LogP contribution in [0.25, 0.3) is 22.4 Å². The maximum atomic E-state index is 13.9. The Labute approximate surface area is 178 Å². The van der Waals surface area contributed by atoms with Crippen molar-refractivity contribution in [1.29, 1.82) is 0 Å². The van der Waals surface area contributed by atoms with Gasteiger partial charge in [-0.25, -0.2) is 22.1 Å². The number of para-hydroxylation sites is 1. The molecule has 1 aromatic heterocycles. The van der Waals surface area contributed by atoms with Gasteiger partial charge in [0.1, 0.15) is 11.3 Å². The highest BCUT2D eigenvalue weighted by molar-refractivity contribution is 7.89. The Bertz CT molecular complexity index is 1380. The van der Waals surface area contributed by atoms with Gasteiger partial charge in [0.25, 0.3) is 5.91 Å². The molecule has 4 rings (SSSR count). The molecule has 7 nitrogen and oxygen atoms in total. The van der Waals surface area contributed by atoms with E-state index in [1.807, 2.05) is 0 Å². The molecular formula is C22H19FN4O3S. The van der Waals surface area contributed by atoms with Crippen LogP contribution in [0.15, 0.2) is 71.6 Å². The maximum absolute atomic E-state index is 13.9. The lowest BCUT2D eigenvalue weighted by Crippen LogP contribution is -2.22. The molecule has 0 spiro atoms. The molecule has 0 unspecified atom stereocenters. The normalized spacial score (nSPS) is 11.7. The van der Waals surface area contributed by atoms with Crippen LogP contribution in [0.5, 0.6) is 0 Å². The maximum Gasteiger partial charge on any atom is 0.255 e. The molecule has 0 aliphatic carbocycles. The number of fused-ring (bicyclic) bond motifs is 1. The number of anilines is 1. The molecule has 31 heavy (non-hydrogen) atoms. The van der Waals surface area contributed by atoms with Crippen LogP contribution >= 0.6 is 0 Å². The van der Waals surface area contributed by atoms with E-state index in [0.717, 1.165) is 9.87 Å². The van der Waals surface area contributed by atoms with Crippen molar-refractivity contribution in [2.75, 3.05) is 19.4 Å². The lowest BCUT2D eigenvalue weighted by Gasteiger charge is -2.12. The van der Waals surface area contributed by atoms with E-state index in [4.69, 9.17) is 0 Å². The monoisotopic (exact) mass is 438 g/mol. The van der Waals surface area contributed by atoms with Gasteiger partial charge in [-0.15, -0.1) is 0 Å².